The molecule has 17 heavy (non-hydrogen) atoms. The number of likely N-dealkylation sites (tertiary alicyclic amines) is 1. The number of hydrogen-bond donors (Lipinski definition) is 0. The molecule has 0 aromatic rings. The average molecular weight is 265 g/mol. The summed E-state index contributed by atoms with van der Waals surface area (Å²) in [7, 11) is 0. The van der Waals surface area contributed by atoms with Gasteiger partial charge in [-0.3, -0.25) is 0 Å². The van der Waals surface area contributed by atoms with Crippen molar-refractivity contribution >= 4 is 0 Å². The van der Waals surface area contributed by atoms with E-state index in [2.05, 4.69) is 4.74 Å². The zero-order chi connectivity index (χ0) is 13.3. The molecule has 0 spiro atoms. The van der Waals surface area contributed by atoms with E-state index < -0.39 is 24.7 Å². The summed E-state index contributed by atoms with van der Waals surface area (Å²) >= 11 is 0. The molecule has 1 rings (SSSR count). The van der Waals surface area contributed by atoms with Crippen LogP contribution in [0.2, 0.25) is 0 Å². The minimum atomic E-state index is -5.56. The summed E-state index contributed by atoms with van der Waals surface area (Å²) in [6.07, 6.45) is -4.62. The van der Waals surface area contributed by atoms with Crippen molar-refractivity contribution in [1.82, 2.24) is 4.90 Å². The summed E-state index contributed by atoms with van der Waals surface area (Å²) in [5.74, 6) is -5.56. The number of hydrogen-bond acceptors (Lipinski definition) is 2. The molecule has 0 amide bonds. The molecular formula is C9H13F6NO. The first-order valence-corrected chi connectivity index (χ1v) is 5.19. The third-order valence-corrected chi connectivity index (χ3v) is 2.57. The van der Waals surface area contributed by atoms with Crippen LogP contribution in [0.4, 0.5) is 26.3 Å². The first-order valence-electron chi connectivity index (χ1n) is 5.19. The van der Waals surface area contributed by atoms with Gasteiger partial charge in [0, 0.05) is 13.1 Å². The fraction of sp³-hybridized carbons (Fsp3) is 1.00. The van der Waals surface area contributed by atoms with E-state index in [9.17, 15) is 26.3 Å². The molecule has 0 bridgehead atoms. The highest BCUT2D eigenvalue weighted by Gasteiger charge is 2.75. The predicted molar refractivity (Wildman–Crippen MR) is 47.3 cm³/mol. The van der Waals surface area contributed by atoms with Gasteiger partial charge in [-0.05, 0) is 19.8 Å². The van der Waals surface area contributed by atoms with Gasteiger partial charge >= 0.3 is 18.1 Å². The van der Waals surface area contributed by atoms with E-state index in [1.807, 2.05) is 0 Å². The zero-order valence-corrected chi connectivity index (χ0v) is 9.16. The maximum absolute atomic E-state index is 13.3. The van der Waals surface area contributed by atoms with Crippen molar-refractivity contribution in [3.05, 3.63) is 0 Å². The Morgan fingerprint density at radius 1 is 1.00 bits per heavy atom. The van der Waals surface area contributed by atoms with Crippen molar-refractivity contribution in [3.63, 3.8) is 0 Å². The first-order chi connectivity index (χ1) is 7.67. The lowest BCUT2D eigenvalue weighted by molar-refractivity contribution is -0.421. The van der Waals surface area contributed by atoms with Crippen molar-refractivity contribution in [3.8, 4) is 0 Å². The fourth-order valence-electron chi connectivity index (χ4n) is 1.64. The van der Waals surface area contributed by atoms with Gasteiger partial charge in [-0.25, -0.2) is 4.90 Å². The molecule has 0 aromatic carbocycles. The topological polar surface area (TPSA) is 12.5 Å². The van der Waals surface area contributed by atoms with Crippen molar-refractivity contribution in [2.75, 3.05) is 19.7 Å². The molecule has 0 aromatic heterocycles. The lowest BCUT2D eigenvalue weighted by Gasteiger charge is -2.36. The molecule has 0 N–H and O–H groups in total. The monoisotopic (exact) mass is 265 g/mol. The van der Waals surface area contributed by atoms with Crippen LogP contribution in [-0.2, 0) is 4.74 Å². The second-order valence-electron chi connectivity index (χ2n) is 3.76. The molecule has 0 saturated carbocycles. The average Bonchev–Trinajstić information content (AvgIpc) is 2.69. The van der Waals surface area contributed by atoms with Gasteiger partial charge in [0.25, 0.3) is 0 Å². The normalized spacial score (nSPS) is 19.9. The minimum absolute atomic E-state index is 0.0694. The Morgan fingerprint density at radius 2 is 1.47 bits per heavy atom. The third kappa shape index (κ3) is 2.37. The number of alkyl halides is 6. The Bertz CT molecular complexity index is 264. The molecule has 0 atom stereocenters. The molecule has 102 valence electrons. The van der Waals surface area contributed by atoms with Crippen LogP contribution < -0.4 is 0 Å². The second-order valence-corrected chi connectivity index (χ2v) is 3.76. The third-order valence-electron chi connectivity index (χ3n) is 2.57. The summed E-state index contributed by atoms with van der Waals surface area (Å²) in [6.45, 7) is -0.410. The highest BCUT2D eigenvalue weighted by atomic mass is 19.4. The smallest absolute Gasteiger partial charge is 0.316 e. The van der Waals surface area contributed by atoms with Crippen LogP contribution in [0.3, 0.4) is 0 Å². The van der Waals surface area contributed by atoms with E-state index in [1.54, 1.807) is 0 Å². The molecule has 1 aliphatic rings. The van der Waals surface area contributed by atoms with Gasteiger partial charge < -0.3 is 4.74 Å². The Morgan fingerprint density at radius 3 is 1.88 bits per heavy atom. The molecule has 0 unspecified atom stereocenters. The van der Waals surface area contributed by atoms with Gasteiger partial charge in [0.1, 0.15) is 0 Å². The maximum atomic E-state index is 13.3. The van der Waals surface area contributed by atoms with Crippen LogP contribution in [0, 0.1) is 0 Å². The van der Waals surface area contributed by atoms with E-state index in [0.717, 1.165) is 6.92 Å². The lowest BCUT2D eigenvalue weighted by atomic mass is 10.2. The molecule has 0 radical (unpaired) electrons. The second kappa shape index (κ2) is 4.64. The van der Waals surface area contributed by atoms with E-state index in [-0.39, 0.29) is 30.8 Å². The van der Waals surface area contributed by atoms with Crippen LogP contribution >= 0.6 is 0 Å². The van der Waals surface area contributed by atoms with Gasteiger partial charge in [0.05, 0.1) is 6.61 Å². The summed E-state index contributed by atoms with van der Waals surface area (Å²) in [6, 6.07) is -4.91. The van der Waals surface area contributed by atoms with Crippen molar-refractivity contribution in [2.24, 2.45) is 0 Å². The summed E-state index contributed by atoms with van der Waals surface area (Å²) < 4.78 is 82.2. The Labute approximate surface area is 94.5 Å². The zero-order valence-electron chi connectivity index (χ0n) is 9.16. The number of nitrogens with zero attached hydrogens (tertiary/aromatic N) is 1. The highest BCUT2D eigenvalue weighted by molar-refractivity contribution is 4.93. The number of halogens is 6. The van der Waals surface area contributed by atoms with Crippen LogP contribution in [0.1, 0.15) is 19.8 Å². The predicted octanol–water partition coefficient (Wildman–Crippen LogP) is 2.94. The molecule has 1 heterocycles. The number of ether oxygens (including phenoxy) is 1. The van der Waals surface area contributed by atoms with Crippen molar-refractivity contribution in [2.45, 2.75) is 37.8 Å². The molecule has 0 aliphatic carbocycles. The molecule has 8 heteroatoms. The first kappa shape index (κ1) is 14.6. The van der Waals surface area contributed by atoms with Crippen molar-refractivity contribution in [1.29, 1.82) is 0 Å². The summed E-state index contributed by atoms with van der Waals surface area (Å²) in [5.41, 5.74) is 0. The van der Waals surface area contributed by atoms with E-state index in [4.69, 9.17) is 0 Å². The maximum Gasteiger partial charge on any atom is 0.427 e. The van der Waals surface area contributed by atoms with Crippen LogP contribution in [0.15, 0.2) is 0 Å². The molecule has 1 saturated heterocycles. The Balaban J connectivity index is 2.93. The van der Waals surface area contributed by atoms with Gasteiger partial charge in [-0.1, -0.05) is 0 Å². The van der Waals surface area contributed by atoms with Crippen molar-refractivity contribution < 1.29 is 31.1 Å². The summed E-state index contributed by atoms with van der Waals surface area (Å²) in [5, 5.41) is 0. The molecule has 2 nitrogen and oxygen atoms in total. The van der Waals surface area contributed by atoms with Gasteiger partial charge in [0.15, 0.2) is 0 Å². The van der Waals surface area contributed by atoms with Crippen LogP contribution in [0.25, 0.3) is 0 Å². The van der Waals surface area contributed by atoms with Gasteiger partial charge in [-0.2, -0.15) is 26.3 Å². The molecule has 1 aliphatic heterocycles. The Kier molecular flexibility index (Phi) is 3.97. The fourth-order valence-corrected chi connectivity index (χ4v) is 1.64. The number of rotatable bonds is 5. The Hall–Kier alpha value is -0.500. The minimum Gasteiger partial charge on any atom is -0.316 e. The van der Waals surface area contributed by atoms with E-state index in [0.29, 0.717) is 0 Å². The SMILES string of the molecule is CCOC(F)(F)C(F)(F)C(F)(F)N1CCCC1. The van der Waals surface area contributed by atoms with Gasteiger partial charge in [-0.15, -0.1) is 0 Å². The molecular weight excluding hydrogens is 252 g/mol. The van der Waals surface area contributed by atoms with Gasteiger partial charge in [0.2, 0.25) is 0 Å². The van der Waals surface area contributed by atoms with Crippen LogP contribution in [-0.4, -0.2) is 42.7 Å². The quantitative estimate of drug-likeness (QED) is 0.559. The largest absolute Gasteiger partial charge is 0.427 e. The van der Waals surface area contributed by atoms with E-state index >= 15 is 0 Å². The van der Waals surface area contributed by atoms with E-state index in [1.165, 1.54) is 0 Å². The van der Waals surface area contributed by atoms with Crippen LogP contribution in [0.5, 0.6) is 0 Å². The highest BCUT2D eigenvalue weighted by Crippen LogP contribution is 2.48. The standard InChI is InChI=1S/C9H13F6NO/c1-2-17-9(14,15)7(10,11)8(12,13)16-5-3-4-6-16/h2-6H2,1H3. The lowest BCUT2D eigenvalue weighted by Crippen LogP contribution is -2.62. The molecule has 1 fully saturated rings. The summed E-state index contributed by atoms with van der Waals surface area (Å²) in [4.78, 5) is 0.0694.